The van der Waals surface area contributed by atoms with Crippen LogP contribution in [0.4, 0.5) is 0 Å². The van der Waals surface area contributed by atoms with Crippen molar-refractivity contribution in [3.63, 3.8) is 0 Å². The number of carbonyl (C=O) groups is 3. The van der Waals surface area contributed by atoms with Gasteiger partial charge >= 0.3 is 11.9 Å². The van der Waals surface area contributed by atoms with Crippen molar-refractivity contribution >= 4 is 17.9 Å². The molecule has 0 aromatic carbocycles. The average molecular weight is 1310 g/mol. The lowest BCUT2D eigenvalue weighted by molar-refractivity contribution is -0.870. The second kappa shape index (κ2) is 74.8. The molecular formula is C84H155NO8. The molecule has 0 heterocycles. The maximum atomic E-state index is 13.0. The van der Waals surface area contributed by atoms with E-state index in [1.54, 1.807) is 0 Å². The van der Waals surface area contributed by atoms with E-state index >= 15 is 0 Å². The Hall–Kier alpha value is -3.01. The first kappa shape index (κ1) is 90.0. The van der Waals surface area contributed by atoms with Crippen LogP contribution in [0.25, 0.3) is 0 Å². The van der Waals surface area contributed by atoms with Crippen molar-refractivity contribution in [2.45, 2.75) is 411 Å². The number of aliphatic carboxylic acids is 1. The number of rotatable bonds is 76. The lowest BCUT2D eigenvalue weighted by Gasteiger charge is -2.26. The summed E-state index contributed by atoms with van der Waals surface area (Å²) in [6.07, 6.45) is 96.5. The van der Waals surface area contributed by atoms with Crippen molar-refractivity contribution in [2.75, 3.05) is 47.5 Å². The number of carboxylic acid groups (broad SMARTS) is 1. The number of hydrogen-bond acceptors (Lipinski definition) is 8. The standard InChI is InChI=1S/C84H155NO8/c1-6-8-10-12-14-16-18-20-22-24-26-28-30-32-34-35-36-37-38-39-40-41-42-43-44-45-46-47-49-50-52-54-56-58-60-62-64-66-68-70-72-74-81(86)91-78-80(79-92-84(83(88)89)90-77-76-85(3,4)5)93-82(87)75-73-71-69-67-65-63-61-59-57-55-53-51-48-33-31-29-27-25-23-21-19-17-15-13-11-9-7-2/h9,11,15,17,21,23,27,29,33,48,80,84H,6-8,10,12-14,16,18-20,22,24-26,28,30-32,34-47,49-79H2,1-5H3/b11-9-,17-15-,23-21-,29-27-,48-33-. The van der Waals surface area contributed by atoms with Crippen LogP contribution in [0.3, 0.4) is 0 Å². The molecule has 0 aliphatic heterocycles. The molecule has 9 nitrogen and oxygen atoms in total. The summed E-state index contributed by atoms with van der Waals surface area (Å²) in [6.45, 7) is 4.69. The topological polar surface area (TPSA) is 111 Å². The van der Waals surface area contributed by atoms with Gasteiger partial charge < -0.3 is 33.3 Å². The molecule has 0 aliphatic carbocycles. The van der Waals surface area contributed by atoms with Crippen molar-refractivity contribution in [1.29, 1.82) is 0 Å². The number of unbranched alkanes of at least 4 members (excludes halogenated alkanes) is 51. The fourth-order valence-electron chi connectivity index (χ4n) is 12.2. The monoisotopic (exact) mass is 1310 g/mol. The second-order valence-corrected chi connectivity index (χ2v) is 28.7. The summed E-state index contributed by atoms with van der Waals surface area (Å²) in [7, 11) is 5.94. The van der Waals surface area contributed by atoms with Crippen molar-refractivity contribution < 1.29 is 42.9 Å². The van der Waals surface area contributed by atoms with Gasteiger partial charge in [0.2, 0.25) is 0 Å². The van der Waals surface area contributed by atoms with Crippen LogP contribution in [0.15, 0.2) is 60.8 Å². The van der Waals surface area contributed by atoms with E-state index in [1.807, 2.05) is 21.1 Å². The van der Waals surface area contributed by atoms with Crippen LogP contribution in [0, 0.1) is 0 Å². The molecule has 9 heteroatoms. The number of carbonyl (C=O) groups excluding carboxylic acids is 3. The molecule has 0 saturated heterocycles. The van der Waals surface area contributed by atoms with Gasteiger partial charge in [0.15, 0.2) is 12.4 Å². The molecule has 2 unspecified atom stereocenters. The van der Waals surface area contributed by atoms with Gasteiger partial charge in [-0.05, 0) is 57.8 Å². The van der Waals surface area contributed by atoms with Crippen LogP contribution in [0.5, 0.6) is 0 Å². The van der Waals surface area contributed by atoms with Gasteiger partial charge in [-0.3, -0.25) is 9.59 Å². The highest BCUT2D eigenvalue weighted by molar-refractivity contribution is 5.70. The molecule has 544 valence electrons. The van der Waals surface area contributed by atoms with Gasteiger partial charge in [0.25, 0.3) is 0 Å². The van der Waals surface area contributed by atoms with Gasteiger partial charge in [0.05, 0.1) is 40.3 Å². The lowest BCUT2D eigenvalue weighted by atomic mass is 10.0. The van der Waals surface area contributed by atoms with E-state index in [9.17, 15) is 19.5 Å². The fourth-order valence-corrected chi connectivity index (χ4v) is 12.2. The quantitative estimate of drug-likeness (QED) is 0.0195. The van der Waals surface area contributed by atoms with Crippen molar-refractivity contribution in [3.8, 4) is 0 Å². The molecule has 93 heavy (non-hydrogen) atoms. The summed E-state index contributed by atoms with van der Waals surface area (Å²) in [5.41, 5.74) is 0. The van der Waals surface area contributed by atoms with Gasteiger partial charge in [-0.1, -0.05) is 389 Å². The minimum absolute atomic E-state index is 0.147. The largest absolute Gasteiger partial charge is 0.545 e. The Labute approximate surface area is 577 Å². The summed E-state index contributed by atoms with van der Waals surface area (Å²) < 4.78 is 22.9. The lowest BCUT2D eigenvalue weighted by Crippen LogP contribution is -2.44. The molecule has 2 atom stereocenters. The third-order valence-electron chi connectivity index (χ3n) is 18.3. The summed E-state index contributed by atoms with van der Waals surface area (Å²) >= 11 is 0. The third-order valence-corrected chi connectivity index (χ3v) is 18.3. The molecule has 0 bridgehead atoms. The molecular weight excluding hydrogens is 1150 g/mol. The first-order valence-electron chi connectivity index (χ1n) is 40.4. The molecule has 0 aliphatic rings. The van der Waals surface area contributed by atoms with Crippen LogP contribution in [0.1, 0.15) is 399 Å². The van der Waals surface area contributed by atoms with Crippen LogP contribution in [0.2, 0.25) is 0 Å². The van der Waals surface area contributed by atoms with Crippen LogP contribution in [-0.2, 0) is 33.3 Å². The highest BCUT2D eigenvalue weighted by Gasteiger charge is 2.22. The fraction of sp³-hybridized carbons (Fsp3) is 0.845. The van der Waals surface area contributed by atoms with Crippen LogP contribution < -0.4 is 5.11 Å². The maximum Gasteiger partial charge on any atom is 0.306 e. The second-order valence-electron chi connectivity index (χ2n) is 28.7. The number of hydrogen-bond donors (Lipinski definition) is 0. The van der Waals surface area contributed by atoms with E-state index in [1.165, 1.54) is 289 Å². The highest BCUT2D eigenvalue weighted by Crippen LogP contribution is 2.20. The van der Waals surface area contributed by atoms with Gasteiger partial charge in [0.1, 0.15) is 13.2 Å². The molecule has 0 spiro atoms. The number of nitrogens with zero attached hydrogens (tertiary/aromatic N) is 1. The molecule has 0 rings (SSSR count). The smallest absolute Gasteiger partial charge is 0.306 e. The minimum atomic E-state index is -1.62. The molecule has 0 fully saturated rings. The average Bonchev–Trinajstić information content (AvgIpc) is 3.38. The van der Waals surface area contributed by atoms with Gasteiger partial charge in [-0.25, -0.2) is 0 Å². The number of carboxylic acids is 1. The zero-order chi connectivity index (χ0) is 67.5. The molecule has 0 N–H and O–H groups in total. The van der Waals surface area contributed by atoms with E-state index in [-0.39, 0.29) is 32.2 Å². The van der Waals surface area contributed by atoms with Gasteiger partial charge in [0, 0.05) is 12.8 Å². The normalized spacial score (nSPS) is 12.9. The molecule has 0 radical (unpaired) electrons. The summed E-state index contributed by atoms with van der Waals surface area (Å²) in [5, 5.41) is 11.9. The van der Waals surface area contributed by atoms with Crippen molar-refractivity contribution in [2.24, 2.45) is 0 Å². The summed E-state index contributed by atoms with van der Waals surface area (Å²) in [5.74, 6) is -2.27. The molecule has 0 amide bonds. The number of esters is 2. The first-order valence-corrected chi connectivity index (χ1v) is 40.4. The van der Waals surface area contributed by atoms with Crippen LogP contribution in [-0.4, -0.2) is 82.3 Å². The number of quaternary nitrogens is 1. The maximum absolute atomic E-state index is 13.0. The molecule has 0 aromatic rings. The van der Waals surface area contributed by atoms with Crippen LogP contribution >= 0.6 is 0 Å². The Morgan fingerprint density at radius 2 is 0.613 bits per heavy atom. The van der Waals surface area contributed by atoms with E-state index in [4.69, 9.17) is 18.9 Å². The Balaban J connectivity index is 3.93. The third kappa shape index (κ3) is 76.2. The first-order chi connectivity index (χ1) is 45.6. The zero-order valence-electron chi connectivity index (χ0n) is 62.4. The van der Waals surface area contributed by atoms with E-state index in [0.717, 1.165) is 77.0 Å². The molecule has 0 aromatic heterocycles. The minimum Gasteiger partial charge on any atom is -0.545 e. The van der Waals surface area contributed by atoms with E-state index in [2.05, 4.69) is 74.6 Å². The predicted octanol–water partition coefficient (Wildman–Crippen LogP) is 24.5. The Morgan fingerprint density at radius 3 is 0.914 bits per heavy atom. The van der Waals surface area contributed by atoms with Crippen molar-refractivity contribution in [3.05, 3.63) is 60.8 Å². The molecule has 0 saturated carbocycles. The van der Waals surface area contributed by atoms with Gasteiger partial charge in [-0.2, -0.15) is 0 Å². The van der Waals surface area contributed by atoms with Gasteiger partial charge in [-0.15, -0.1) is 0 Å². The Kier molecular flexibility index (Phi) is 72.4. The number of likely N-dealkylation sites (N-methyl/N-ethyl adjacent to an activating group) is 1. The SMILES string of the molecule is CC/C=C\C/C=C\C/C=C\C/C=C\C/C=C\CCCCCCCCCCCCCC(=O)OC(COC(=O)CCCCCCCCCCCCCCCCCCCCCCCCCCCCCCCCCCCCCCCCCCC)COC(OCC[N+](C)(C)C)C(=O)[O-]. The Morgan fingerprint density at radius 1 is 0.333 bits per heavy atom. The van der Waals surface area contributed by atoms with E-state index < -0.39 is 24.3 Å². The predicted molar refractivity (Wildman–Crippen MR) is 399 cm³/mol. The highest BCUT2D eigenvalue weighted by atomic mass is 16.7. The number of allylic oxidation sites excluding steroid dienone is 10. The summed E-state index contributed by atoms with van der Waals surface area (Å²) in [6, 6.07) is 0. The summed E-state index contributed by atoms with van der Waals surface area (Å²) in [4.78, 5) is 37.6. The van der Waals surface area contributed by atoms with E-state index in [0.29, 0.717) is 23.9 Å². The van der Waals surface area contributed by atoms with Crippen molar-refractivity contribution in [1.82, 2.24) is 0 Å². The Bertz CT molecular complexity index is 1710. The zero-order valence-corrected chi connectivity index (χ0v) is 62.4. The number of ether oxygens (including phenoxy) is 4.